The van der Waals surface area contributed by atoms with Crippen molar-refractivity contribution in [2.24, 2.45) is 5.92 Å². The van der Waals surface area contributed by atoms with Crippen LogP contribution in [-0.4, -0.2) is 48.6 Å². The Balaban J connectivity index is 1.48. The lowest BCUT2D eigenvalue weighted by molar-refractivity contribution is 0.103. The van der Waals surface area contributed by atoms with Crippen LogP contribution in [0.5, 0.6) is 0 Å². The zero-order chi connectivity index (χ0) is 11.5. The van der Waals surface area contributed by atoms with Gasteiger partial charge in [0.05, 0.1) is 0 Å². The van der Waals surface area contributed by atoms with E-state index in [9.17, 15) is 0 Å². The summed E-state index contributed by atoms with van der Waals surface area (Å²) in [7, 11) is 0. The van der Waals surface area contributed by atoms with Crippen LogP contribution in [0.3, 0.4) is 0 Å². The van der Waals surface area contributed by atoms with Crippen molar-refractivity contribution in [3.05, 3.63) is 0 Å². The SMILES string of the molecule is C1CCC(CN2CCCC(N3CCCC3)C2)C1. The van der Waals surface area contributed by atoms with Gasteiger partial charge in [-0.05, 0) is 64.1 Å². The highest BCUT2D eigenvalue weighted by Gasteiger charge is 2.28. The van der Waals surface area contributed by atoms with Crippen LogP contribution in [0, 0.1) is 5.92 Å². The summed E-state index contributed by atoms with van der Waals surface area (Å²) in [6.45, 7) is 6.91. The van der Waals surface area contributed by atoms with Gasteiger partial charge in [0.1, 0.15) is 0 Å². The highest BCUT2D eigenvalue weighted by molar-refractivity contribution is 4.84. The normalized spacial score (nSPS) is 33.5. The maximum atomic E-state index is 2.78. The van der Waals surface area contributed by atoms with Crippen LogP contribution < -0.4 is 0 Å². The molecule has 1 unspecified atom stereocenters. The Hall–Kier alpha value is -0.0800. The first-order valence-corrected chi connectivity index (χ1v) is 7.88. The first-order chi connectivity index (χ1) is 8.42. The summed E-state index contributed by atoms with van der Waals surface area (Å²) >= 11 is 0. The third-order valence-corrected chi connectivity index (χ3v) is 5.13. The second-order valence-electron chi connectivity index (χ2n) is 6.45. The van der Waals surface area contributed by atoms with Crippen molar-refractivity contribution >= 4 is 0 Å². The first kappa shape index (κ1) is 12.0. The topological polar surface area (TPSA) is 6.48 Å². The number of likely N-dealkylation sites (tertiary alicyclic amines) is 2. The third-order valence-electron chi connectivity index (χ3n) is 5.13. The molecule has 2 heteroatoms. The van der Waals surface area contributed by atoms with Gasteiger partial charge >= 0.3 is 0 Å². The molecule has 2 nitrogen and oxygen atoms in total. The van der Waals surface area contributed by atoms with Gasteiger partial charge in [-0.15, -0.1) is 0 Å². The number of piperidine rings is 1. The van der Waals surface area contributed by atoms with Gasteiger partial charge in [0.2, 0.25) is 0 Å². The van der Waals surface area contributed by atoms with E-state index in [0.717, 1.165) is 12.0 Å². The van der Waals surface area contributed by atoms with Crippen molar-refractivity contribution in [1.29, 1.82) is 0 Å². The maximum Gasteiger partial charge on any atom is 0.0223 e. The maximum absolute atomic E-state index is 2.78. The Bertz CT molecular complexity index is 229. The molecule has 17 heavy (non-hydrogen) atoms. The fourth-order valence-electron chi connectivity index (χ4n) is 4.16. The molecule has 2 aliphatic heterocycles. The van der Waals surface area contributed by atoms with E-state index in [1.807, 2.05) is 0 Å². The Kier molecular flexibility index (Phi) is 4.02. The van der Waals surface area contributed by atoms with Crippen molar-refractivity contribution < 1.29 is 0 Å². The average molecular weight is 236 g/mol. The highest BCUT2D eigenvalue weighted by Crippen LogP contribution is 2.27. The molecule has 0 radical (unpaired) electrons. The van der Waals surface area contributed by atoms with Gasteiger partial charge in [0.25, 0.3) is 0 Å². The standard InChI is InChI=1S/C15H28N2/c1-2-7-14(6-1)12-16-9-5-8-15(13-16)17-10-3-4-11-17/h14-15H,1-13H2. The molecule has 0 bridgehead atoms. The van der Waals surface area contributed by atoms with E-state index in [1.165, 1.54) is 84.1 Å². The fourth-order valence-corrected chi connectivity index (χ4v) is 4.16. The van der Waals surface area contributed by atoms with Gasteiger partial charge < -0.3 is 4.90 Å². The van der Waals surface area contributed by atoms with Crippen molar-refractivity contribution in [3.8, 4) is 0 Å². The summed E-state index contributed by atoms with van der Waals surface area (Å²) in [6, 6.07) is 0.896. The summed E-state index contributed by atoms with van der Waals surface area (Å²) in [5.74, 6) is 1.03. The molecule has 2 saturated heterocycles. The Morgan fingerprint density at radius 3 is 2.29 bits per heavy atom. The summed E-state index contributed by atoms with van der Waals surface area (Å²) in [4.78, 5) is 5.54. The first-order valence-electron chi connectivity index (χ1n) is 7.88. The van der Waals surface area contributed by atoms with Gasteiger partial charge in [-0.1, -0.05) is 12.8 Å². The molecule has 1 atom stereocenters. The van der Waals surface area contributed by atoms with E-state index in [-0.39, 0.29) is 0 Å². The number of nitrogens with zero attached hydrogens (tertiary/aromatic N) is 2. The van der Waals surface area contributed by atoms with Crippen molar-refractivity contribution in [1.82, 2.24) is 9.80 Å². The van der Waals surface area contributed by atoms with Crippen molar-refractivity contribution in [2.75, 3.05) is 32.7 Å². The minimum Gasteiger partial charge on any atom is -0.302 e. The number of hydrogen-bond acceptors (Lipinski definition) is 2. The molecular formula is C15H28N2. The number of rotatable bonds is 3. The van der Waals surface area contributed by atoms with Crippen LogP contribution in [0.1, 0.15) is 51.4 Å². The lowest BCUT2D eigenvalue weighted by Crippen LogP contribution is -2.47. The predicted molar refractivity (Wildman–Crippen MR) is 72.2 cm³/mol. The van der Waals surface area contributed by atoms with E-state index in [1.54, 1.807) is 0 Å². The van der Waals surface area contributed by atoms with E-state index < -0.39 is 0 Å². The van der Waals surface area contributed by atoms with E-state index >= 15 is 0 Å². The molecule has 3 rings (SSSR count). The molecule has 3 fully saturated rings. The van der Waals surface area contributed by atoms with Gasteiger partial charge in [0.15, 0.2) is 0 Å². The van der Waals surface area contributed by atoms with Crippen LogP contribution in [0.15, 0.2) is 0 Å². The minimum atomic E-state index is 0.896. The molecular weight excluding hydrogens is 208 g/mol. The molecule has 0 aromatic carbocycles. The third kappa shape index (κ3) is 3.03. The Morgan fingerprint density at radius 2 is 1.53 bits per heavy atom. The quantitative estimate of drug-likeness (QED) is 0.743. The van der Waals surface area contributed by atoms with Crippen molar-refractivity contribution in [2.45, 2.75) is 57.4 Å². The molecule has 1 saturated carbocycles. The number of hydrogen-bond donors (Lipinski definition) is 0. The fraction of sp³-hybridized carbons (Fsp3) is 1.00. The van der Waals surface area contributed by atoms with Gasteiger partial charge in [-0.2, -0.15) is 0 Å². The molecule has 1 aliphatic carbocycles. The molecule has 98 valence electrons. The lowest BCUT2D eigenvalue weighted by atomic mass is 10.0. The molecule has 0 aromatic rings. The molecule has 0 N–H and O–H groups in total. The molecule has 2 heterocycles. The van der Waals surface area contributed by atoms with Crippen molar-refractivity contribution in [3.63, 3.8) is 0 Å². The molecule has 0 aromatic heterocycles. The average Bonchev–Trinajstić information content (AvgIpc) is 3.01. The summed E-state index contributed by atoms with van der Waals surface area (Å²) in [5.41, 5.74) is 0. The van der Waals surface area contributed by atoms with Crippen LogP contribution in [0.25, 0.3) is 0 Å². The molecule has 0 amide bonds. The second kappa shape index (κ2) is 5.71. The summed E-state index contributed by atoms with van der Waals surface area (Å²) in [5, 5.41) is 0. The second-order valence-corrected chi connectivity index (χ2v) is 6.45. The summed E-state index contributed by atoms with van der Waals surface area (Å²) < 4.78 is 0. The minimum absolute atomic E-state index is 0.896. The molecule has 3 aliphatic rings. The summed E-state index contributed by atoms with van der Waals surface area (Å²) in [6.07, 6.45) is 11.8. The van der Waals surface area contributed by atoms with Crippen LogP contribution >= 0.6 is 0 Å². The predicted octanol–water partition coefficient (Wildman–Crippen LogP) is 2.74. The van der Waals surface area contributed by atoms with Crippen LogP contribution in [-0.2, 0) is 0 Å². The monoisotopic (exact) mass is 236 g/mol. The molecule has 0 spiro atoms. The smallest absolute Gasteiger partial charge is 0.0223 e. The highest BCUT2D eigenvalue weighted by atomic mass is 15.2. The van der Waals surface area contributed by atoms with Gasteiger partial charge in [-0.3, -0.25) is 4.90 Å². The Labute approximate surface area is 106 Å². The van der Waals surface area contributed by atoms with Crippen LogP contribution in [0.2, 0.25) is 0 Å². The largest absolute Gasteiger partial charge is 0.302 e. The van der Waals surface area contributed by atoms with Crippen LogP contribution in [0.4, 0.5) is 0 Å². The zero-order valence-electron chi connectivity index (χ0n) is 11.2. The zero-order valence-corrected chi connectivity index (χ0v) is 11.2. The van der Waals surface area contributed by atoms with E-state index in [4.69, 9.17) is 0 Å². The lowest BCUT2D eigenvalue weighted by Gasteiger charge is -2.38. The van der Waals surface area contributed by atoms with Gasteiger partial charge in [0, 0.05) is 19.1 Å². The van der Waals surface area contributed by atoms with E-state index in [2.05, 4.69) is 9.80 Å². The van der Waals surface area contributed by atoms with E-state index in [0.29, 0.717) is 0 Å². The van der Waals surface area contributed by atoms with Gasteiger partial charge in [-0.25, -0.2) is 0 Å². The Morgan fingerprint density at radius 1 is 0.765 bits per heavy atom.